The highest BCUT2D eigenvalue weighted by Crippen LogP contribution is 2.09. The fourth-order valence-electron chi connectivity index (χ4n) is 1.57. The Morgan fingerprint density at radius 1 is 1.22 bits per heavy atom. The van der Waals surface area contributed by atoms with Crippen molar-refractivity contribution >= 4 is 16.1 Å². The minimum absolute atomic E-state index is 0.0666. The normalized spacial score (nSPS) is 12.3. The van der Waals surface area contributed by atoms with Crippen LogP contribution in [0.5, 0.6) is 0 Å². The van der Waals surface area contributed by atoms with Crippen LogP contribution in [0.15, 0.2) is 29.2 Å². The number of carbonyl (C=O) groups excluding carboxylic acids is 1. The molecule has 0 saturated heterocycles. The molecular formula is C16H27NO5S. The number of rotatable bonds is 6. The van der Waals surface area contributed by atoms with E-state index in [2.05, 4.69) is 13.8 Å². The molecule has 0 heterocycles. The molecule has 0 saturated carbocycles. The number of ether oxygens (including phenoxy) is 1. The van der Waals surface area contributed by atoms with E-state index < -0.39 is 16.2 Å². The van der Waals surface area contributed by atoms with E-state index in [9.17, 15) is 13.2 Å². The predicted octanol–water partition coefficient (Wildman–Crippen LogP) is 2.55. The standard InChI is InChI=1S/C9H19NO2.C7H8O3S/c1-4-8(5-2)6-12-9(11)7(3)10;1-6-2-4-7(5-3-6)11(8,9)10/h7-8H,4-6,10H2,1-3H3;2-5H,1H3,(H,8,9,10)/t7-;/m0./s1. The van der Waals surface area contributed by atoms with Gasteiger partial charge in [0, 0.05) is 0 Å². The van der Waals surface area contributed by atoms with E-state index in [0.29, 0.717) is 12.5 Å². The van der Waals surface area contributed by atoms with Crippen molar-refractivity contribution in [1.82, 2.24) is 0 Å². The van der Waals surface area contributed by atoms with Crippen LogP contribution in [0, 0.1) is 12.8 Å². The third kappa shape index (κ3) is 9.32. The SMILES string of the molecule is CCC(CC)COC(=O)[C@H](C)N.Cc1ccc(S(=O)(=O)O)cc1. The third-order valence-corrected chi connectivity index (χ3v) is 4.17. The molecule has 0 unspecified atom stereocenters. The molecule has 0 radical (unpaired) electrons. The van der Waals surface area contributed by atoms with Crippen LogP contribution in [0.2, 0.25) is 0 Å². The monoisotopic (exact) mass is 345 g/mol. The third-order valence-electron chi connectivity index (χ3n) is 3.31. The van der Waals surface area contributed by atoms with Gasteiger partial charge in [-0.15, -0.1) is 0 Å². The van der Waals surface area contributed by atoms with Crippen LogP contribution >= 0.6 is 0 Å². The van der Waals surface area contributed by atoms with Crippen molar-refractivity contribution in [2.45, 2.75) is 51.5 Å². The molecule has 7 heteroatoms. The minimum Gasteiger partial charge on any atom is -0.464 e. The van der Waals surface area contributed by atoms with Gasteiger partial charge in [0.1, 0.15) is 6.04 Å². The summed E-state index contributed by atoms with van der Waals surface area (Å²) in [7, 11) is -4.02. The maximum atomic E-state index is 10.9. The summed E-state index contributed by atoms with van der Waals surface area (Å²) in [6.07, 6.45) is 2.09. The number of hydrogen-bond acceptors (Lipinski definition) is 5. The summed E-state index contributed by atoms with van der Waals surface area (Å²) in [5.74, 6) is 0.176. The highest BCUT2D eigenvalue weighted by molar-refractivity contribution is 7.85. The number of nitrogens with two attached hydrogens (primary N) is 1. The molecule has 132 valence electrons. The molecule has 1 rings (SSSR count). The van der Waals surface area contributed by atoms with Gasteiger partial charge in [0.25, 0.3) is 10.1 Å². The molecule has 0 aliphatic carbocycles. The fourth-order valence-corrected chi connectivity index (χ4v) is 2.05. The first-order valence-electron chi connectivity index (χ1n) is 7.58. The maximum Gasteiger partial charge on any atom is 0.322 e. The highest BCUT2D eigenvalue weighted by Gasteiger charge is 2.11. The Hall–Kier alpha value is -1.44. The smallest absolute Gasteiger partial charge is 0.322 e. The van der Waals surface area contributed by atoms with Crippen molar-refractivity contribution in [2.75, 3.05) is 6.61 Å². The number of benzene rings is 1. The first-order chi connectivity index (χ1) is 10.6. The summed E-state index contributed by atoms with van der Waals surface area (Å²) in [5.41, 5.74) is 6.29. The summed E-state index contributed by atoms with van der Waals surface area (Å²) >= 11 is 0. The summed E-state index contributed by atoms with van der Waals surface area (Å²) < 4.78 is 34.5. The largest absolute Gasteiger partial charge is 0.464 e. The highest BCUT2D eigenvalue weighted by atomic mass is 32.2. The molecule has 1 atom stereocenters. The lowest BCUT2D eigenvalue weighted by molar-refractivity contribution is -0.146. The van der Waals surface area contributed by atoms with Gasteiger partial charge in [0.2, 0.25) is 0 Å². The van der Waals surface area contributed by atoms with E-state index >= 15 is 0 Å². The van der Waals surface area contributed by atoms with Crippen LogP contribution < -0.4 is 5.73 Å². The first-order valence-corrected chi connectivity index (χ1v) is 9.02. The van der Waals surface area contributed by atoms with Crippen molar-refractivity contribution < 1.29 is 22.5 Å². The summed E-state index contributed by atoms with van der Waals surface area (Å²) in [6.45, 7) is 8.16. The summed E-state index contributed by atoms with van der Waals surface area (Å²) in [6, 6.07) is 5.49. The van der Waals surface area contributed by atoms with Crippen molar-refractivity contribution in [3.63, 3.8) is 0 Å². The second-order valence-electron chi connectivity index (χ2n) is 5.39. The Labute approximate surface area is 138 Å². The van der Waals surface area contributed by atoms with Crippen LogP contribution in [0.4, 0.5) is 0 Å². The molecule has 0 amide bonds. The van der Waals surface area contributed by atoms with Crippen LogP contribution in [0.1, 0.15) is 39.2 Å². The molecule has 6 nitrogen and oxygen atoms in total. The van der Waals surface area contributed by atoms with Crippen molar-refractivity contribution in [3.05, 3.63) is 29.8 Å². The molecule has 0 aliphatic rings. The van der Waals surface area contributed by atoms with E-state index in [1.807, 2.05) is 6.92 Å². The van der Waals surface area contributed by atoms with Crippen LogP contribution in [0.3, 0.4) is 0 Å². The van der Waals surface area contributed by atoms with E-state index in [-0.39, 0.29) is 10.9 Å². The summed E-state index contributed by atoms with van der Waals surface area (Å²) in [5, 5.41) is 0. The molecule has 0 spiro atoms. The van der Waals surface area contributed by atoms with Crippen LogP contribution in [-0.4, -0.2) is 31.6 Å². The lowest BCUT2D eigenvalue weighted by Crippen LogP contribution is -2.30. The van der Waals surface area contributed by atoms with Gasteiger partial charge >= 0.3 is 5.97 Å². The van der Waals surface area contributed by atoms with Gasteiger partial charge < -0.3 is 10.5 Å². The van der Waals surface area contributed by atoms with Gasteiger partial charge in [-0.2, -0.15) is 8.42 Å². The lowest BCUT2D eigenvalue weighted by Gasteiger charge is -2.13. The Morgan fingerprint density at radius 2 is 1.70 bits per heavy atom. The number of aryl methyl sites for hydroxylation is 1. The molecule has 0 aromatic heterocycles. The van der Waals surface area contributed by atoms with Gasteiger partial charge in [-0.05, 0) is 31.9 Å². The van der Waals surface area contributed by atoms with Gasteiger partial charge in [0.05, 0.1) is 11.5 Å². The van der Waals surface area contributed by atoms with Crippen molar-refractivity contribution in [2.24, 2.45) is 11.7 Å². The second kappa shape index (κ2) is 10.4. The van der Waals surface area contributed by atoms with Gasteiger partial charge in [-0.3, -0.25) is 9.35 Å². The Balaban J connectivity index is 0.000000422. The molecule has 1 aromatic carbocycles. The molecule has 0 aliphatic heterocycles. The zero-order chi connectivity index (χ0) is 18.0. The number of esters is 1. The summed E-state index contributed by atoms with van der Waals surface area (Å²) in [4.78, 5) is 10.9. The van der Waals surface area contributed by atoms with Gasteiger partial charge in [0.15, 0.2) is 0 Å². The zero-order valence-electron chi connectivity index (χ0n) is 14.2. The Morgan fingerprint density at radius 3 is 2.04 bits per heavy atom. The Kier molecular flexibility index (Phi) is 9.71. The average molecular weight is 345 g/mol. The number of hydrogen-bond donors (Lipinski definition) is 2. The fraction of sp³-hybridized carbons (Fsp3) is 0.562. The van der Waals surface area contributed by atoms with Crippen LogP contribution in [-0.2, 0) is 19.6 Å². The van der Waals surface area contributed by atoms with E-state index in [0.717, 1.165) is 18.4 Å². The Bertz CT molecular complexity index is 563. The van der Waals surface area contributed by atoms with Gasteiger partial charge in [-0.1, -0.05) is 44.4 Å². The molecule has 0 fully saturated rings. The topological polar surface area (TPSA) is 107 Å². The van der Waals surface area contributed by atoms with E-state index in [1.54, 1.807) is 19.1 Å². The first kappa shape index (κ1) is 21.6. The van der Waals surface area contributed by atoms with E-state index in [4.69, 9.17) is 15.0 Å². The minimum atomic E-state index is -4.02. The maximum absolute atomic E-state index is 10.9. The zero-order valence-corrected chi connectivity index (χ0v) is 15.0. The quantitative estimate of drug-likeness (QED) is 0.606. The molecule has 0 bridgehead atoms. The lowest BCUT2D eigenvalue weighted by atomic mass is 10.1. The van der Waals surface area contributed by atoms with Crippen LogP contribution in [0.25, 0.3) is 0 Å². The van der Waals surface area contributed by atoms with E-state index in [1.165, 1.54) is 12.1 Å². The molecule has 1 aromatic rings. The average Bonchev–Trinajstić information content (AvgIpc) is 2.48. The molecule has 23 heavy (non-hydrogen) atoms. The van der Waals surface area contributed by atoms with Crippen molar-refractivity contribution in [1.29, 1.82) is 0 Å². The molecule has 3 N–H and O–H groups in total. The second-order valence-corrected chi connectivity index (χ2v) is 6.81. The number of carbonyl (C=O) groups is 1. The molecular weight excluding hydrogens is 318 g/mol. The predicted molar refractivity (Wildman–Crippen MR) is 89.7 cm³/mol. The van der Waals surface area contributed by atoms with Gasteiger partial charge in [-0.25, -0.2) is 0 Å². The van der Waals surface area contributed by atoms with Crippen molar-refractivity contribution in [3.8, 4) is 0 Å².